The van der Waals surface area contributed by atoms with Crippen molar-refractivity contribution in [3.05, 3.63) is 60.2 Å². The molecule has 4 heteroatoms. The fourth-order valence-corrected chi connectivity index (χ4v) is 1.88. The van der Waals surface area contributed by atoms with Crippen LogP contribution in [-0.2, 0) is 11.2 Å². The summed E-state index contributed by atoms with van der Waals surface area (Å²) in [5.41, 5.74) is 4.72. The first kappa shape index (κ1) is 13.9. The summed E-state index contributed by atoms with van der Waals surface area (Å²) in [6, 6.07) is 17.2. The van der Waals surface area contributed by atoms with E-state index in [1.165, 1.54) is 0 Å². The van der Waals surface area contributed by atoms with Gasteiger partial charge < -0.3 is 4.74 Å². The Hall–Kier alpha value is -2.49. The van der Waals surface area contributed by atoms with Crippen molar-refractivity contribution in [2.45, 2.75) is 6.42 Å². The van der Waals surface area contributed by atoms with Crippen LogP contribution in [0.15, 0.2) is 54.6 Å². The number of nitrogens with zero attached hydrogens (tertiary/aromatic N) is 1. The molecule has 0 saturated carbocycles. The van der Waals surface area contributed by atoms with Crippen LogP contribution in [0.5, 0.6) is 5.75 Å². The summed E-state index contributed by atoms with van der Waals surface area (Å²) < 4.78 is 5.10. The molecule has 1 N–H and O–H groups in total. The molecular weight excluding hydrogens is 252 g/mol. The van der Waals surface area contributed by atoms with Crippen LogP contribution in [0.2, 0.25) is 0 Å². The van der Waals surface area contributed by atoms with Gasteiger partial charge >= 0.3 is 0 Å². The molecule has 0 unspecified atom stereocenters. The minimum atomic E-state index is -0.0467. The van der Waals surface area contributed by atoms with E-state index in [4.69, 9.17) is 4.74 Å². The van der Waals surface area contributed by atoms with E-state index in [1.54, 1.807) is 12.1 Å². The van der Waals surface area contributed by atoms with E-state index in [0.717, 1.165) is 17.0 Å². The highest BCUT2D eigenvalue weighted by molar-refractivity contribution is 5.80. The summed E-state index contributed by atoms with van der Waals surface area (Å²) in [5.74, 6) is 0.743. The van der Waals surface area contributed by atoms with Crippen LogP contribution in [0.3, 0.4) is 0 Å². The van der Waals surface area contributed by atoms with E-state index < -0.39 is 0 Å². The molecule has 0 aliphatic heterocycles. The van der Waals surface area contributed by atoms with E-state index in [0.29, 0.717) is 6.42 Å². The Kier molecular flexibility index (Phi) is 4.60. The number of carbonyl (C=O) groups excluding carboxylic acids is 1. The number of amides is 1. The van der Waals surface area contributed by atoms with Crippen molar-refractivity contribution in [2.24, 2.45) is 0 Å². The van der Waals surface area contributed by atoms with E-state index in [9.17, 15) is 4.79 Å². The normalized spacial score (nSPS) is 9.90. The molecule has 0 atom stereocenters. The third-order valence-corrected chi connectivity index (χ3v) is 2.96. The first-order chi connectivity index (χ1) is 9.69. The number of hydrogen-bond donors (Lipinski definition) is 1. The molecule has 0 aliphatic carbocycles. The van der Waals surface area contributed by atoms with Gasteiger partial charge in [0.05, 0.1) is 19.2 Å². The number of carbonyl (C=O) groups is 1. The standard InChI is InChI=1S/C16H18N2O2/c1-18(14-8-10-15(20-2)11-9-14)17-16(19)12-13-6-4-3-5-7-13/h3-11H,12H2,1-2H3,(H,17,19). The SMILES string of the molecule is COc1ccc(N(C)NC(=O)Cc2ccccc2)cc1. The Labute approximate surface area is 119 Å². The lowest BCUT2D eigenvalue weighted by Crippen LogP contribution is -2.40. The first-order valence-electron chi connectivity index (χ1n) is 6.40. The molecule has 4 nitrogen and oxygen atoms in total. The number of methoxy groups -OCH3 is 1. The fourth-order valence-electron chi connectivity index (χ4n) is 1.88. The largest absolute Gasteiger partial charge is 0.497 e. The number of hydrazine groups is 1. The van der Waals surface area contributed by atoms with Crippen LogP contribution >= 0.6 is 0 Å². The average molecular weight is 270 g/mol. The Morgan fingerprint density at radius 2 is 1.75 bits per heavy atom. The number of nitrogens with one attached hydrogen (secondary N) is 1. The van der Waals surface area contributed by atoms with Gasteiger partial charge in [-0.15, -0.1) is 0 Å². The van der Waals surface area contributed by atoms with E-state index in [1.807, 2.05) is 61.6 Å². The molecule has 0 spiro atoms. The van der Waals surface area contributed by atoms with Gasteiger partial charge in [0.15, 0.2) is 0 Å². The van der Waals surface area contributed by atoms with E-state index in [2.05, 4.69) is 5.43 Å². The predicted molar refractivity (Wildman–Crippen MR) is 79.7 cm³/mol. The minimum absolute atomic E-state index is 0.0467. The molecule has 104 valence electrons. The van der Waals surface area contributed by atoms with Gasteiger partial charge in [0.2, 0.25) is 5.91 Å². The van der Waals surface area contributed by atoms with Crippen LogP contribution in [0.4, 0.5) is 5.69 Å². The van der Waals surface area contributed by atoms with Gasteiger partial charge in [-0.1, -0.05) is 30.3 Å². The number of anilines is 1. The quantitative estimate of drug-likeness (QED) is 0.848. The van der Waals surface area contributed by atoms with Gasteiger partial charge in [0, 0.05) is 7.05 Å². The summed E-state index contributed by atoms with van der Waals surface area (Å²) in [6.45, 7) is 0. The zero-order valence-corrected chi connectivity index (χ0v) is 11.7. The van der Waals surface area contributed by atoms with Gasteiger partial charge in [0.25, 0.3) is 0 Å². The Balaban J connectivity index is 1.93. The Morgan fingerprint density at radius 3 is 2.35 bits per heavy atom. The van der Waals surface area contributed by atoms with Crippen molar-refractivity contribution in [3.63, 3.8) is 0 Å². The zero-order chi connectivity index (χ0) is 14.4. The van der Waals surface area contributed by atoms with Crippen molar-refractivity contribution >= 4 is 11.6 Å². The van der Waals surface area contributed by atoms with Gasteiger partial charge in [-0.05, 0) is 29.8 Å². The average Bonchev–Trinajstić information content (AvgIpc) is 2.48. The second-order valence-electron chi connectivity index (χ2n) is 4.45. The topological polar surface area (TPSA) is 41.6 Å². The van der Waals surface area contributed by atoms with Gasteiger partial charge in [-0.25, -0.2) is 0 Å². The molecule has 1 amide bonds. The minimum Gasteiger partial charge on any atom is -0.497 e. The highest BCUT2D eigenvalue weighted by atomic mass is 16.5. The molecule has 0 fully saturated rings. The highest BCUT2D eigenvalue weighted by Gasteiger charge is 2.07. The molecule has 0 saturated heterocycles. The lowest BCUT2D eigenvalue weighted by atomic mass is 10.1. The fraction of sp³-hybridized carbons (Fsp3) is 0.188. The molecule has 2 aromatic carbocycles. The van der Waals surface area contributed by atoms with Crippen LogP contribution in [0.1, 0.15) is 5.56 Å². The monoisotopic (exact) mass is 270 g/mol. The van der Waals surface area contributed by atoms with Gasteiger partial charge in [0.1, 0.15) is 5.75 Å². The molecule has 0 bridgehead atoms. The number of ether oxygens (including phenoxy) is 1. The summed E-state index contributed by atoms with van der Waals surface area (Å²) in [7, 11) is 3.44. The molecular formula is C16H18N2O2. The van der Waals surface area contributed by atoms with Crippen LogP contribution in [0.25, 0.3) is 0 Å². The molecule has 0 aliphatic rings. The Bertz CT molecular complexity index is 552. The first-order valence-corrected chi connectivity index (χ1v) is 6.40. The molecule has 0 aromatic heterocycles. The van der Waals surface area contributed by atoms with Crippen molar-refractivity contribution < 1.29 is 9.53 Å². The number of hydrogen-bond acceptors (Lipinski definition) is 3. The van der Waals surface area contributed by atoms with Crippen LogP contribution in [-0.4, -0.2) is 20.1 Å². The van der Waals surface area contributed by atoms with E-state index in [-0.39, 0.29) is 5.91 Å². The molecule has 0 radical (unpaired) electrons. The van der Waals surface area contributed by atoms with Crippen molar-refractivity contribution in [1.29, 1.82) is 0 Å². The van der Waals surface area contributed by atoms with Crippen molar-refractivity contribution in [2.75, 3.05) is 19.2 Å². The van der Waals surface area contributed by atoms with Crippen molar-refractivity contribution in [1.82, 2.24) is 5.43 Å². The van der Waals surface area contributed by atoms with Crippen molar-refractivity contribution in [3.8, 4) is 5.75 Å². The smallest absolute Gasteiger partial charge is 0.242 e. The predicted octanol–water partition coefficient (Wildman–Crippen LogP) is 2.41. The lowest BCUT2D eigenvalue weighted by Gasteiger charge is -2.20. The maximum Gasteiger partial charge on any atom is 0.242 e. The molecule has 2 aromatic rings. The van der Waals surface area contributed by atoms with Gasteiger partial charge in [-0.2, -0.15) is 0 Å². The van der Waals surface area contributed by atoms with Crippen LogP contribution < -0.4 is 15.2 Å². The molecule has 2 rings (SSSR count). The maximum atomic E-state index is 11.9. The number of rotatable bonds is 5. The molecule has 20 heavy (non-hydrogen) atoms. The Morgan fingerprint density at radius 1 is 1.10 bits per heavy atom. The second kappa shape index (κ2) is 6.61. The van der Waals surface area contributed by atoms with Crippen LogP contribution in [0, 0.1) is 0 Å². The summed E-state index contributed by atoms with van der Waals surface area (Å²) in [6.07, 6.45) is 0.362. The van der Waals surface area contributed by atoms with E-state index >= 15 is 0 Å². The summed E-state index contributed by atoms with van der Waals surface area (Å²) >= 11 is 0. The number of benzene rings is 2. The zero-order valence-electron chi connectivity index (χ0n) is 11.7. The maximum absolute atomic E-state index is 11.9. The highest BCUT2D eigenvalue weighted by Crippen LogP contribution is 2.16. The third kappa shape index (κ3) is 3.75. The summed E-state index contributed by atoms with van der Waals surface area (Å²) in [4.78, 5) is 11.9. The second-order valence-corrected chi connectivity index (χ2v) is 4.45. The molecule has 0 heterocycles. The van der Waals surface area contributed by atoms with Gasteiger partial charge in [-0.3, -0.25) is 15.2 Å². The lowest BCUT2D eigenvalue weighted by molar-refractivity contribution is -0.120. The summed E-state index contributed by atoms with van der Waals surface area (Å²) in [5, 5.41) is 1.70. The third-order valence-electron chi connectivity index (χ3n) is 2.96.